The Labute approximate surface area is 71.3 Å². The molecule has 0 aromatic carbocycles. The maximum Gasteiger partial charge on any atom is 0.154 e. The largest absolute Gasteiger partial charge is 0.359 e. The molecule has 2 rings (SSSR count). The Hall–Kier alpha value is -0.870. The number of hydrogen-bond acceptors (Lipinski definition) is 4. The lowest BCUT2D eigenvalue weighted by Gasteiger charge is -2.10. The van der Waals surface area contributed by atoms with Gasteiger partial charge in [-0.2, -0.15) is 0 Å². The van der Waals surface area contributed by atoms with Crippen LogP contribution in [0.2, 0.25) is 0 Å². The summed E-state index contributed by atoms with van der Waals surface area (Å²) < 4.78 is 5.19. The van der Waals surface area contributed by atoms with Crippen LogP contribution in [0.15, 0.2) is 4.52 Å². The van der Waals surface area contributed by atoms with E-state index in [9.17, 15) is 0 Å². The van der Waals surface area contributed by atoms with E-state index in [0.29, 0.717) is 0 Å². The number of hydrogen-bond donors (Lipinski definition) is 2. The van der Waals surface area contributed by atoms with Crippen LogP contribution in [0.4, 0.5) is 0 Å². The van der Waals surface area contributed by atoms with Crippen molar-refractivity contribution in [1.29, 1.82) is 0 Å². The first-order valence-electron chi connectivity index (χ1n) is 4.23. The summed E-state index contributed by atoms with van der Waals surface area (Å²) in [7, 11) is 1.92. The smallest absolute Gasteiger partial charge is 0.154 e. The topological polar surface area (TPSA) is 50.1 Å². The Morgan fingerprint density at radius 2 is 2.58 bits per heavy atom. The van der Waals surface area contributed by atoms with Crippen LogP contribution in [0, 0.1) is 0 Å². The van der Waals surface area contributed by atoms with Crippen LogP contribution in [0.25, 0.3) is 0 Å². The van der Waals surface area contributed by atoms with Crippen LogP contribution in [0.1, 0.15) is 17.0 Å². The maximum atomic E-state index is 5.19. The van der Waals surface area contributed by atoms with Gasteiger partial charge < -0.3 is 15.2 Å². The molecule has 0 amide bonds. The Morgan fingerprint density at radius 3 is 3.42 bits per heavy atom. The van der Waals surface area contributed by atoms with Gasteiger partial charge in [0.05, 0.1) is 6.54 Å². The second-order valence-electron chi connectivity index (χ2n) is 2.99. The van der Waals surface area contributed by atoms with Gasteiger partial charge in [-0.05, 0) is 20.0 Å². The van der Waals surface area contributed by atoms with Crippen molar-refractivity contribution in [1.82, 2.24) is 15.8 Å². The summed E-state index contributed by atoms with van der Waals surface area (Å²) >= 11 is 0. The molecule has 0 radical (unpaired) electrons. The molecule has 0 bridgehead atoms. The summed E-state index contributed by atoms with van der Waals surface area (Å²) in [6, 6.07) is 0. The quantitative estimate of drug-likeness (QED) is 0.653. The van der Waals surface area contributed by atoms with Crippen LogP contribution in [-0.2, 0) is 19.5 Å². The zero-order valence-electron chi connectivity index (χ0n) is 7.18. The lowest BCUT2D eigenvalue weighted by atomic mass is 10.1. The summed E-state index contributed by atoms with van der Waals surface area (Å²) in [5.74, 6) is 1.01. The summed E-state index contributed by atoms with van der Waals surface area (Å²) in [5, 5.41) is 10.3. The molecule has 0 saturated heterocycles. The van der Waals surface area contributed by atoms with Gasteiger partial charge in [0, 0.05) is 12.1 Å². The molecule has 12 heavy (non-hydrogen) atoms. The van der Waals surface area contributed by atoms with E-state index in [1.807, 2.05) is 7.05 Å². The second kappa shape index (κ2) is 3.25. The SMILES string of the molecule is CNCc1noc2c1CCNC2. The summed E-state index contributed by atoms with van der Waals surface area (Å²) in [6.07, 6.45) is 1.04. The molecule has 0 fully saturated rings. The fraction of sp³-hybridized carbons (Fsp3) is 0.625. The van der Waals surface area contributed by atoms with Crippen molar-refractivity contribution >= 4 is 0 Å². The Balaban J connectivity index is 2.25. The van der Waals surface area contributed by atoms with Crippen LogP contribution >= 0.6 is 0 Å². The van der Waals surface area contributed by atoms with E-state index in [-0.39, 0.29) is 0 Å². The van der Waals surface area contributed by atoms with E-state index in [2.05, 4.69) is 15.8 Å². The van der Waals surface area contributed by atoms with Crippen molar-refractivity contribution in [3.05, 3.63) is 17.0 Å². The predicted molar refractivity (Wildman–Crippen MR) is 44.7 cm³/mol. The molecule has 66 valence electrons. The van der Waals surface area contributed by atoms with Crippen LogP contribution in [0.3, 0.4) is 0 Å². The molecule has 2 heterocycles. The molecule has 4 nitrogen and oxygen atoms in total. The van der Waals surface area contributed by atoms with Gasteiger partial charge in [0.15, 0.2) is 5.76 Å². The third-order valence-corrected chi connectivity index (χ3v) is 2.13. The van der Waals surface area contributed by atoms with Gasteiger partial charge in [-0.15, -0.1) is 0 Å². The molecular weight excluding hydrogens is 154 g/mol. The van der Waals surface area contributed by atoms with E-state index in [4.69, 9.17) is 4.52 Å². The third-order valence-electron chi connectivity index (χ3n) is 2.13. The molecular formula is C8H13N3O. The van der Waals surface area contributed by atoms with Gasteiger partial charge in [-0.25, -0.2) is 0 Å². The number of nitrogens with one attached hydrogen (secondary N) is 2. The monoisotopic (exact) mass is 167 g/mol. The zero-order valence-corrected chi connectivity index (χ0v) is 7.18. The summed E-state index contributed by atoms with van der Waals surface area (Å²) in [4.78, 5) is 0. The highest BCUT2D eigenvalue weighted by Gasteiger charge is 2.17. The first-order chi connectivity index (χ1) is 5.92. The average Bonchev–Trinajstić information content (AvgIpc) is 2.50. The van der Waals surface area contributed by atoms with Crippen molar-refractivity contribution < 1.29 is 4.52 Å². The normalized spacial score (nSPS) is 16.1. The second-order valence-corrected chi connectivity index (χ2v) is 2.99. The van der Waals surface area contributed by atoms with Crippen molar-refractivity contribution in [2.75, 3.05) is 13.6 Å². The Morgan fingerprint density at radius 1 is 1.67 bits per heavy atom. The molecule has 1 aromatic rings. The molecule has 0 unspecified atom stereocenters. The van der Waals surface area contributed by atoms with E-state index in [1.54, 1.807) is 0 Å². The summed E-state index contributed by atoms with van der Waals surface area (Å²) in [5.41, 5.74) is 2.36. The number of rotatable bonds is 2. The molecule has 0 spiro atoms. The van der Waals surface area contributed by atoms with E-state index in [1.165, 1.54) is 5.56 Å². The predicted octanol–water partition coefficient (Wildman–Crippen LogP) is 0.0397. The molecule has 4 heteroatoms. The lowest BCUT2D eigenvalue weighted by molar-refractivity contribution is 0.361. The van der Waals surface area contributed by atoms with Crippen molar-refractivity contribution in [2.24, 2.45) is 0 Å². The van der Waals surface area contributed by atoms with Gasteiger partial charge in [0.25, 0.3) is 0 Å². The minimum Gasteiger partial charge on any atom is -0.359 e. The zero-order chi connectivity index (χ0) is 8.39. The van der Waals surface area contributed by atoms with Crippen LogP contribution < -0.4 is 10.6 Å². The van der Waals surface area contributed by atoms with Crippen molar-refractivity contribution in [2.45, 2.75) is 19.5 Å². The highest BCUT2D eigenvalue weighted by Crippen LogP contribution is 2.17. The molecule has 2 N–H and O–H groups in total. The van der Waals surface area contributed by atoms with Crippen LogP contribution in [0.5, 0.6) is 0 Å². The lowest BCUT2D eigenvalue weighted by Crippen LogP contribution is -2.23. The first kappa shape index (κ1) is 7.76. The third kappa shape index (κ3) is 1.23. The standard InChI is InChI=1S/C8H13N3O/c1-9-4-7-6-2-3-10-5-8(6)12-11-7/h9-10H,2-5H2,1H3. The summed E-state index contributed by atoms with van der Waals surface area (Å²) in [6.45, 7) is 2.66. The number of aromatic nitrogens is 1. The van der Waals surface area contributed by atoms with E-state index < -0.39 is 0 Å². The molecule has 1 aromatic heterocycles. The fourth-order valence-electron chi connectivity index (χ4n) is 1.53. The Kier molecular flexibility index (Phi) is 2.10. The minimum absolute atomic E-state index is 0.804. The van der Waals surface area contributed by atoms with Crippen molar-refractivity contribution in [3.8, 4) is 0 Å². The molecule has 0 saturated carbocycles. The van der Waals surface area contributed by atoms with Gasteiger partial charge in [-0.3, -0.25) is 0 Å². The number of fused-ring (bicyclic) bond motifs is 1. The first-order valence-corrected chi connectivity index (χ1v) is 4.23. The molecule has 1 aliphatic rings. The van der Waals surface area contributed by atoms with Crippen LogP contribution in [-0.4, -0.2) is 18.7 Å². The highest BCUT2D eigenvalue weighted by atomic mass is 16.5. The van der Waals surface area contributed by atoms with E-state index in [0.717, 1.165) is 37.5 Å². The van der Waals surface area contributed by atoms with Crippen molar-refractivity contribution in [3.63, 3.8) is 0 Å². The molecule has 0 atom stereocenters. The Bertz CT molecular complexity index is 269. The van der Waals surface area contributed by atoms with Gasteiger partial charge >= 0.3 is 0 Å². The van der Waals surface area contributed by atoms with Gasteiger partial charge in [0.1, 0.15) is 5.69 Å². The number of nitrogens with zero attached hydrogens (tertiary/aromatic N) is 1. The highest BCUT2D eigenvalue weighted by molar-refractivity contribution is 5.25. The minimum atomic E-state index is 0.804. The maximum absolute atomic E-state index is 5.19. The fourth-order valence-corrected chi connectivity index (χ4v) is 1.53. The molecule has 0 aliphatic carbocycles. The van der Waals surface area contributed by atoms with Gasteiger partial charge in [-0.1, -0.05) is 5.16 Å². The molecule has 1 aliphatic heterocycles. The average molecular weight is 167 g/mol. The van der Waals surface area contributed by atoms with E-state index >= 15 is 0 Å². The van der Waals surface area contributed by atoms with Gasteiger partial charge in [0.2, 0.25) is 0 Å².